The van der Waals surface area contributed by atoms with Crippen molar-refractivity contribution in [1.29, 1.82) is 0 Å². The Morgan fingerprint density at radius 2 is 0.895 bits per heavy atom. The van der Waals surface area contributed by atoms with Gasteiger partial charge >= 0.3 is 0 Å². The van der Waals surface area contributed by atoms with E-state index in [4.69, 9.17) is 9.47 Å². The molecule has 0 bridgehead atoms. The van der Waals surface area contributed by atoms with Gasteiger partial charge < -0.3 is 20.1 Å². The van der Waals surface area contributed by atoms with E-state index in [1.165, 1.54) is 13.8 Å². The predicted molar refractivity (Wildman–Crippen MR) is 154 cm³/mol. The lowest BCUT2D eigenvalue weighted by Gasteiger charge is -2.24. The highest BCUT2D eigenvalue weighted by molar-refractivity contribution is 6.08. The maximum atomic E-state index is 12.5. The Morgan fingerprint density at radius 3 is 1.18 bits per heavy atom. The average Bonchev–Trinajstić information content (AvgIpc) is 2.90. The molecule has 0 heterocycles. The third-order valence-corrected chi connectivity index (χ3v) is 6.48. The standard InChI is InChI=1S/C32H32N2O4/c1-19-7-17-27(23-9-13-25(37-5)14-10-23)31(33-21(3)35)29(19)30-20(2)8-18-28(32(30)34-22(4)36)24-11-15-26(38-6)16-12-24/h7-18H,1-6H3,(H,33,35)(H,34,36). The molecule has 4 aromatic carbocycles. The number of carbonyl (C=O) groups is 2. The van der Waals surface area contributed by atoms with Crippen molar-refractivity contribution >= 4 is 23.2 Å². The number of ether oxygens (including phenoxy) is 2. The van der Waals surface area contributed by atoms with E-state index in [2.05, 4.69) is 10.6 Å². The average molecular weight is 509 g/mol. The van der Waals surface area contributed by atoms with E-state index in [0.29, 0.717) is 11.4 Å². The SMILES string of the molecule is COc1ccc(-c2ccc(C)c(-c3c(C)ccc(-c4ccc(OC)cc4)c3NC(C)=O)c2NC(C)=O)cc1. The van der Waals surface area contributed by atoms with Crippen LogP contribution in [0.15, 0.2) is 72.8 Å². The maximum Gasteiger partial charge on any atom is 0.221 e. The smallest absolute Gasteiger partial charge is 0.221 e. The second-order valence-corrected chi connectivity index (χ2v) is 9.18. The number of amides is 2. The van der Waals surface area contributed by atoms with E-state index in [1.807, 2.05) is 86.6 Å². The van der Waals surface area contributed by atoms with Crippen molar-refractivity contribution in [3.8, 4) is 44.9 Å². The summed E-state index contributed by atoms with van der Waals surface area (Å²) in [6, 6.07) is 23.5. The first-order valence-electron chi connectivity index (χ1n) is 12.3. The Morgan fingerprint density at radius 1 is 0.553 bits per heavy atom. The van der Waals surface area contributed by atoms with E-state index >= 15 is 0 Å². The van der Waals surface area contributed by atoms with Gasteiger partial charge in [0.1, 0.15) is 11.5 Å². The summed E-state index contributed by atoms with van der Waals surface area (Å²) in [5, 5.41) is 6.18. The predicted octanol–water partition coefficient (Wildman–Crippen LogP) is 7.24. The number of aryl methyl sites for hydroxylation is 2. The second kappa shape index (κ2) is 11.2. The molecule has 4 aromatic rings. The molecule has 0 spiro atoms. The maximum absolute atomic E-state index is 12.5. The number of hydrogen-bond acceptors (Lipinski definition) is 4. The first kappa shape index (κ1) is 26.5. The van der Waals surface area contributed by atoms with Crippen LogP contribution in [0.1, 0.15) is 25.0 Å². The zero-order valence-electron chi connectivity index (χ0n) is 22.6. The third kappa shape index (κ3) is 5.39. The molecule has 4 rings (SSSR count). The van der Waals surface area contributed by atoms with Gasteiger partial charge in [0, 0.05) is 36.1 Å². The molecule has 0 unspecified atom stereocenters. The molecule has 0 saturated carbocycles. The summed E-state index contributed by atoms with van der Waals surface area (Å²) in [6.45, 7) is 7.02. The summed E-state index contributed by atoms with van der Waals surface area (Å²) in [5.74, 6) is 1.13. The summed E-state index contributed by atoms with van der Waals surface area (Å²) in [7, 11) is 3.26. The fraction of sp³-hybridized carbons (Fsp3) is 0.188. The van der Waals surface area contributed by atoms with Gasteiger partial charge in [-0.05, 0) is 60.4 Å². The molecule has 0 aliphatic heterocycles. The van der Waals surface area contributed by atoms with Crippen LogP contribution in [-0.4, -0.2) is 26.0 Å². The van der Waals surface area contributed by atoms with E-state index in [1.54, 1.807) is 14.2 Å². The van der Waals surface area contributed by atoms with E-state index < -0.39 is 0 Å². The van der Waals surface area contributed by atoms with E-state index in [-0.39, 0.29) is 11.8 Å². The van der Waals surface area contributed by atoms with Gasteiger partial charge in [0.15, 0.2) is 0 Å². The Balaban J connectivity index is 2.05. The fourth-order valence-electron chi connectivity index (χ4n) is 4.69. The Bertz CT molecular complexity index is 1370. The minimum Gasteiger partial charge on any atom is -0.497 e. The topological polar surface area (TPSA) is 76.7 Å². The van der Waals surface area contributed by atoms with Gasteiger partial charge in [-0.15, -0.1) is 0 Å². The van der Waals surface area contributed by atoms with Crippen molar-refractivity contribution < 1.29 is 19.1 Å². The van der Waals surface area contributed by atoms with Crippen molar-refractivity contribution in [2.45, 2.75) is 27.7 Å². The van der Waals surface area contributed by atoms with Gasteiger partial charge in [-0.2, -0.15) is 0 Å². The molecule has 6 heteroatoms. The molecule has 194 valence electrons. The van der Waals surface area contributed by atoms with Gasteiger partial charge in [-0.25, -0.2) is 0 Å². The van der Waals surface area contributed by atoms with Gasteiger partial charge in [0.25, 0.3) is 0 Å². The van der Waals surface area contributed by atoms with Crippen molar-refractivity contribution in [3.63, 3.8) is 0 Å². The molecule has 0 aliphatic rings. The monoisotopic (exact) mass is 508 g/mol. The number of carbonyl (C=O) groups excluding carboxylic acids is 2. The largest absolute Gasteiger partial charge is 0.497 e. The summed E-state index contributed by atoms with van der Waals surface area (Å²) in [4.78, 5) is 25.0. The molecular weight excluding hydrogens is 476 g/mol. The minimum absolute atomic E-state index is 0.184. The normalized spacial score (nSPS) is 10.6. The number of anilines is 2. The van der Waals surface area contributed by atoms with E-state index in [0.717, 1.165) is 56.0 Å². The summed E-state index contributed by atoms with van der Waals surface area (Å²) < 4.78 is 10.7. The lowest BCUT2D eigenvalue weighted by molar-refractivity contribution is -0.115. The molecule has 0 fully saturated rings. The lowest BCUT2D eigenvalue weighted by atomic mass is 9.86. The molecule has 2 N–H and O–H groups in total. The molecule has 2 amide bonds. The molecule has 0 atom stereocenters. The Kier molecular flexibility index (Phi) is 7.82. The Hall–Kier alpha value is -4.58. The van der Waals surface area contributed by atoms with Crippen LogP contribution < -0.4 is 20.1 Å². The van der Waals surface area contributed by atoms with Gasteiger partial charge in [0.05, 0.1) is 25.6 Å². The highest BCUT2D eigenvalue weighted by Crippen LogP contribution is 2.47. The number of benzene rings is 4. The molecule has 0 saturated heterocycles. The number of rotatable bonds is 7. The number of hydrogen-bond donors (Lipinski definition) is 2. The molecule has 0 aliphatic carbocycles. The van der Waals surface area contributed by atoms with Crippen LogP contribution >= 0.6 is 0 Å². The van der Waals surface area contributed by atoms with Crippen molar-refractivity contribution in [2.24, 2.45) is 0 Å². The minimum atomic E-state index is -0.184. The van der Waals surface area contributed by atoms with Crippen LogP contribution in [-0.2, 0) is 9.59 Å². The second-order valence-electron chi connectivity index (χ2n) is 9.18. The number of nitrogens with one attached hydrogen (secondary N) is 2. The zero-order valence-corrected chi connectivity index (χ0v) is 22.6. The van der Waals surface area contributed by atoms with Crippen molar-refractivity contribution in [2.75, 3.05) is 24.9 Å². The highest BCUT2D eigenvalue weighted by Gasteiger charge is 2.23. The third-order valence-electron chi connectivity index (χ3n) is 6.48. The molecule has 6 nitrogen and oxygen atoms in total. The van der Waals surface area contributed by atoms with Crippen LogP contribution in [0.25, 0.3) is 33.4 Å². The van der Waals surface area contributed by atoms with Crippen molar-refractivity contribution in [3.05, 3.63) is 83.9 Å². The Labute approximate surface area is 223 Å². The summed E-state index contributed by atoms with van der Waals surface area (Å²) in [6.07, 6.45) is 0. The molecule has 38 heavy (non-hydrogen) atoms. The summed E-state index contributed by atoms with van der Waals surface area (Å²) in [5.41, 5.74) is 8.60. The molecule has 0 radical (unpaired) electrons. The van der Waals surface area contributed by atoms with Crippen LogP contribution in [0.2, 0.25) is 0 Å². The van der Waals surface area contributed by atoms with Gasteiger partial charge in [-0.1, -0.05) is 48.5 Å². The van der Waals surface area contributed by atoms with E-state index in [9.17, 15) is 9.59 Å². The quantitative estimate of drug-likeness (QED) is 0.276. The molecular formula is C32H32N2O4. The number of methoxy groups -OCH3 is 2. The van der Waals surface area contributed by atoms with Gasteiger partial charge in [-0.3, -0.25) is 9.59 Å². The van der Waals surface area contributed by atoms with Crippen LogP contribution in [0.4, 0.5) is 11.4 Å². The first-order chi connectivity index (χ1) is 18.2. The lowest BCUT2D eigenvalue weighted by Crippen LogP contribution is -2.12. The first-order valence-corrected chi connectivity index (χ1v) is 12.3. The van der Waals surface area contributed by atoms with Crippen LogP contribution in [0.3, 0.4) is 0 Å². The summed E-state index contributed by atoms with van der Waals surface area (Å²) >= 11 is 0. The van der Waals surface area contributed by atoms with Crippen molar-refractivity contribution in [1.82, 2.24) is 0 Å². The molecule has 0 aromatic heterocycles. The fourth-order valence-corrected chi connectivity index (χ4v) is 4.69. The van der Waals surface area contributed by atoms with Crippen LogP contribution in [0.5, 0.6) is 11.5 Å². The highest BCUT2D eigenvalue weighted by atomic mass is 16.5. The zero-order chi connectivity index (χ0) is 27.4. The van der Waals surface area contributed by atoms with Crippen LogP contribution in [0, 0.1) is 13.8 Å². The van der Waals surface area contributed by atoms with Gasteiger partial charge in [0.2, 0.25) is 11.8 Å².